The molecule has 1 aliphatic heterocycles. The van der Waals surface area contributed by atoms with Crippen LogP contribution >= 0.6 is 0 Å². The highest BCUT2D eigenvalue weighted by Crippen LogP contribution is 2.30. The van der Waals surface area contributed by atoms with Gasteiger partial charge in [-0.15, -0.1) is 0 Å². The first-order chi connectivity index (χ1) is 18.2. The average Bonchev–Trinajstić information content (AvgIpc) is 3.33. The molecule has 3 heterocycles. The Bertz CT molecular complexity index is 1410. The van der Waals surface area contributed by atoms with Gasteiger partial charge in [-0.3, -0.25) is 14.5 Å². The highest BCUT2D eigenvalue weighted by atomic mass is 19.4. The number of nitrogens with one attached hydrogen (secondary N) is 1. The summed E-state index contributed by atoms with van der Waals surface area (Å²) in [7, 11) is 0. The van der Waals surface area contributed by atoms with Crippen molar-refractivity contribution in [3.05, 3.63) is 96.2 Å². The molecule has 4 aromatic rings. The van der Waals surface area contributed by atoms with Gasteiger partial charge >= 0.3 is 6.18 Å². The van der Waals surface area contributed by atoms with Crippen LogP contribution in [0.25, 0.3) is 5.69 Å². The number of para-hydroxylation sites is 2. The Balaban J connectivity index is 0.000000417. The van der Waals surface area contributed by atoms with E-state index in [0.717, 1.165) is 23.1 Å². The number of anilines is 2. The van der Waals surface area contributed by atoms with Crippen molar-refractivity contribution in [1.82, 2.24) is 25.1 Å². The number of fused-ring (bicyclic) bond motifs is 1. The fourth-order valence-electron chi connectivity index (χ4n) is 3.89. The number of carbonyl (C=O) groups is 2. The number of carbonyl (C=O) groups excluding carboxylic acids is 2. The van der Waals surface area contributed by atoms with Crippen molar-refractivity contribution in [2.45, 2.75) is 25.6 Å². The summed E-state index contributed by atoms with van der Waals surface area (Å²) in [5.41, 5.74) is 6.44. The number of aromatic nitrogens is 4. The van der Waals surface area contributed by atoms with Gasteiger partial charge in [0.15, 0.2) is 0 Å². The second-order valence-electron chi connectivity index (χ2n) is 8.23. The average molecular weight is 524 g/mol. The molecule has 5 rings (SSSR count). The van der Waals surface area contributed by atoms with Crippen molar-refractivity contribution in [3.8, 4) is 5.69 Å². The Morgan fingerprint density at radius 1 is 1.08 bits per heavy atom. The third-order valence-corrected chi connectivity index (χ3v) is 5.63. The van der Waals surface area contributed by atoms with Crippen LogP contribution in [0.1, 0.15) is 28.8 Å². The zero-order valence-electron chi connectivity index (χ0n) is 20.3. The van der Waals surface area contributed by atoms with Crippen molar-refractivity contribution < 1.29 is 22.8 Å². The summed E-state index contributed by atoms with van der Waals surface area (Å²) in [5.74, 6) is -1.41. The number of nitrogens with zero attached hydrogens (tertiary/aromatic N) is 5. The first kappa shape index (κ1) is 26.3. The fraction of sp³-hybridized carbons (Fsp3) is 0.192. The standard InChI is InChI=1S/C20H17F3N6O2.C6H7N/c1-2-28-18-12(11-25-29(18)13-6-4-3-5-7-13)10-14(19(28)31)26-17(30)16-24-9-8-15(27-16)20(21,22)23;7-6-4-2-1-3-5-6/h3-9,11,14H,2,10H2,1H3,(H,26,30);1-5H,7H2. The molecule has 2 aromatic carbocycles. The van der Waals surface area contributed by atoms with Crippen molar-refractivity contribution in [1.29, 1.82) is 0 Å². The molecule has 2 amide bonds. The first-order valence-corrected chi connectivity index (χ1v) is 11.6. The van der Waals surface area contributed by atoms with Crippen LogP contribution in [0.5, 0.6) is 0 Å². The molecule has 1 aliphatic rings. The largest absolute Gasteiger partial charge is 0.433 e. The van der Waals surface area contributed by atoms with Gasteiger partial charge in [-0.2, -0.15) is 18.3 Å². The van der Waals surface area contributed by atoms with Crippen LogP contribution in [-0.4, -0.2) is 44.1 Å². The summed E-state index contributed by atoms with van der Waals surface area (Å²) in [4.78, 5) is 33.9. The highest BCUT2D eigenvalue weighted by molar-refractivity contribution is 6.03. The van der Waals surface area contributed by atoms with Gasteiger partial charge in [0.05, 0.1) is 11.9 Å². The van der Waals surface area contributed by atoms with Crippen LogP contribution < -0.4 is 16.0 Å². The maximum absolute atomic E-state index is 13.0. The molecular weight excluding hydrogens is 499 g/mol. The van der Waals surface area contributed by atoms with E-state index in [4.69, 9.17) is 5.73 Å². The Hall–Kier alpha value is -4.74. The SMILES string of the molecule is CCN1C(=O)C(NC(=O)c2nccc(C(F)(F)F)n2)Cc2cnn(-c3ccccc3)c21.Nc1ccccc1. The minimum Gasteiger partial charge on any atom is -0.399 e. The van der Waals surface area contributed by atoms with Gasteiger partial charge in [-0.25, -0.2) is 14.6 Å². The highest BCUT2D eigenvalue weighted by Gasteiger charge is 2.37. The van der Waals surface area contributed by atoms with Gasteiger partial charge in [0.2, 0.25) is 5.82 Å². The van der Waals surface area contributed by atoms with Crippen LogP contribution in [-0.2, 0) is 17.4 Å². The lowest BCUT2D eigenvalue weighted by molar-refractivity contribution is -0.141. The van der Waals surface area contributed by atoms with Gasteiger partial charge in [-0.1, -0.05) is 36.4 Å². The molecule has 0 bridgehead atoms. The number of likely N-dealkylation sites (N-methyl/N-ethyl adjacent to an activating group) is 1. The predicted octanol–water partition coefficient (Wildman–Crippen LogP) is 3.66. The van der Waals surface area contributed by atoms with E-state index in [9.17, 15) is 22.8 Å². The zero-order chi connectivity index (χ0) is 27.3. The second-order valence-corrected chi connectivity index (χ2v) is 8.23. The summed E-state index contributed by atoms with van der Waals surface area (Å²) in [6.07, 6.45) is -2.11. The number of alkyl halides is 3. The molecule has 1 atom stereocenters. The number of hydrogen-bond acceptors (Lipinski definition) is 6. The number of hydrogen-bond donors (Lipinski definition) is 2. The second kappa shape index (κ2) is 11.1. The van der Waals surface area contributed by atoms with Crippen molar-refractivity contribution >= 4 is 23.3 Å². The summed E-state index contributed by atoms with van der Waals surface area (Å²) in [6.45, 7) is 2.10. The number of nitrogens with two attached hydrogens (primary N) is 1. The maximum Gasteiger partial charge on any atom is 0.433 e. The van der Waals surface area contributed by atoms with Gasteiger partial charge < -0.3 is 11.1 Å². The molecule has 9 nitrogen and oxygen atoms in total. The molecule has 0 saturated carbocycles. The monoisotopic (exact) mass is 523 g/mol. The van der Waals surface area contributed by atoms with Crippen LogP contribution in [0.15, 0.2) is 79.1 Å². The Kier molecular flexibility index (Phi) is 7.70. The van der Waals surface area contributed by atoms with Gasteiger partial charge in [-0.05, 0) is 37.3 Å². The van der Waals surface area contributed by atoms with E-state index in [0.29, 0.717) is 18.4 Å². The topological polar surface area (TPSA) is 119 Å². The maximum atomic E-state index is 13.0. The zero-order valence-corrected chi connectivity index (χ0v) is 20.3. The summed E-state index contributed by atoms with van der Waals surface area (Å²) >= 11 is 0. The molecule has 1 unspecified atom stereocenters. The van der Waals surface area contributed by atoms with E-state index in [2.05, 4.69) is 20.4 Å². The van der Waals surface area contributed by atoms with Crippen LogP contribution in [0.3, 0.4) is 0 Å². The third kappa shape index (κ3) is 5.80. The summed E-state index contributed by atoms with van der Waals surface area (Å²) < 4.78 is 40.2. The number of benzene rings is 2. The lowest BCUT2D eigenvalue weighted by Gasteiger charge is -2.32. The first-order valence-electron chi connectivity index (χ1n) is 11.6. The van der Waals surface area contributed by atoms with E-state index >= 15 is 0 Å². The summed E-state index contributed by atoms with van der Waals surface area (Å²) in [6, 6.07) is 18.4. The predicted molar refractivity (Wildman–Crippen MR) is 134 cm³/mol. The lowest BCUT2D eigenvalue weighted by Crippen LogP contribution is -2.53. The molecule has 2 aromatic heterocycles. The molecule has 196 valence electrons. The van der Waals surface area contributed by atoms with Crippen LogP contribution in [0.4, 0.5) is 24.7 Å². The van der Waals surface area contributed by atoms with E-state index in [-0.39, 0.29) is 6.42 Å². The van der Waals surface area contributed by atoms with Crippen LogP contribution in [0, 0.1) is 0 Å². The van der Waals surface area contributed by atoms with E-state index in [1.54, 1.807) is 17.8 Å². The normalized spacial score (nSPS) is 14.8. The van der Waals surface area contributed by atoms with E-state index in [1.807, 2.05) is 60.7 Å². The van der Waals surface area contributed by atoms with E-state index in [1.165, 1.54) is 4.90 Å². The number of halogens is 3. The minimum atomic E-state index is -4.71. The molecule has 0 radical (unpaired) electrons. The minimum absolute atomic E-state index is 0.141. The third-order valence-electron chi connectivity index (χ3n) is 5.63. The Labute approximate surface area is 216 Å². The van der Waals surface area contributed by atoms with Crippen molar-refractivity contribution in [3.63, 3.8) is 0 Å². The van der Waals surface area contributed by atoms with Gasteiger partial charge in [0.1, 0.15) is 17.6 Å². The van der Waals surface area contributed by atoms with Crippen molar-refractivity contribution in [2.75, 3.05) is 17.2 Å². The molecule has 3 N–H and O–H groups in total. The summed E-state index contributed by atoms with van der Waals surface area (Å²) in [5, 5.41) is 6.83. The number of nitrogen functional groups attached to an aromatic ring is 1. The van der Waals surface area contributed by atoms with Crippen LogP contribution in [0.2, 0.25) is 0 Å². The number of amides is 2. The van der Waals surface area contributed by atoms with Crippen molar-refractivity contribution in [2.24, 2.45) is 0 Å². The molecule has 0 spiro atoms. The Morgan fingerprint density at radius 2 is 1.74 bits per heavy atom. The van der Waals surface area contributed by atoms with E-state index < -0.39 is 35.6 Å². The molecule has 0 aliphatic carbocycles. The quantitative estimate of drug-likeness (QED) is 0.394. The molecule has 12 heteroatoms. The van der Waals surface area contributed by atoms with Gasteiger partial charge in [0, 0.05) is 30.4 Å². The fourth-order valence-corrected chi connectivity index (χ4v) is 3.89. The van der Waals surface area contributed by atoms with Gasteiger partial charge in [0.25, 0.3) is 11.8 Å². The number of rotatable bonds is 4. The molecule has 0 saturated heterocycles. The molecule has 38 heavy (non-hydrogen) atoms. The Morgan fingerprint density at radius 3 is 2.32 bits per heavy atom. The molecular formula is C26H24F3N7O2. The lowest BCUT2D eigenvalue weighted by atomic mass is 10.0. The smallest absolute Gasteiger partial charge is 0.399 e. The molecule has 0 fully saturated rings.